The van der Waals surface area contributed by atoms with Crippen molar-refractivity contribution in [1.82, 2.24) is 19.9 Å². The number of thiazole rings is 1. The van der Waals surface area contributed by atoms with Crippen LogP contribution in [0.4, 0.5) is 11.8 Å². The second-order valence-corrected chi connectivity index (χ2v) is 11.0. The topological polar surface area (TPSA) is 159 Å². The number of rotatable bonds is 7. The first-order valence-corrected chi connectivity index (χ1v) is 13.0. The van der Waals surface area contributed by atoms with Crippen molar-refractivity contribution < 1.29 is 15.0 Å². The highest BCUT2D eigenvalue weighted by Gasteiger charge is 2.44. The van der Waals surface area contributed by atoms with Gasteiger partial charge < -0.3 is 26.6 Å². The molecule has 3 aliphatic rings. The number of carbonyl (C=O) groups excluding carboxylic acids is 1. The van der Waals surface area contributed by atoms with E-state index in [0.29, 0.717) is 23.7 Å². The van der Waals surface area contributed by atoms with Gasteiger partial charge in [-0.2, -0.15) is 4.98 Å². The van der Waals surface area contributed by atoms with Crippen molar-refractivity contribution in [3.63, 3.8) is 0 Å². The van der Waals surface area contributed by atoms with Gasteiger partial charge in [-0.05, 0) is 51.5 Å². The van der Waals surface area contributed by atoms with Gasteiger partial charge in [-0.15, -0.1) is 11.3 Å². The third-order valence-corrected chi connectivity index (χ3v) is 8.45. The summed E-state index contributed by atoms with van der Waals surface area (Å²) in [6.45, 7) is 1.92. The number of nitrogens with one attached hydrogen (secondary N) is 2. The lowest BCUT2D eigenvalue weighted by molar-refractivity contribution is -0.125. The Bertz CT molecular complexity index is 1290. The number of hydrogen-bond acceptors (Lipinski definition) is 10. The Hall–Kier alpha value is -2.89. The summed E-state index contributed by atoms with van der Waals surface area (Å²) in [4.78, 5) is 30.8. The van der Waals surface area contributed by atoms with E-state index < -0.39 is 30.1 Å². The smallest absolute Gasteiger partial charge is 0.225 e. The first-order chi connectivity index (χ1) is 16.9. The molecule has 3 heterocycles. The third kappa shape index (κ3) is 4.11. The number of aliphatic hydroxyl groups excluding tert-OH is 2. The standard InChI is InChI=1S/C24H29N7O3S/c1-10-16(23-30-18-15(35-23)7-8-26-17(18)11-5-6-11)22(31-24(27-10)28-12-3-2-4-12)29-14-9-13(21(25)34)19(32)20(14)33/h7-8,11-14,19-20,32-33H,2-6,9H2,1H3,(H2,25,34)(H2,27,28,29,31)/t13-,14+,19+,20-/m0/s1. The molecule has 6 N–H and O–H groups in total. The summed E-state index contributed by atoms with van der Waals surface area (Å²) in [5.74, 6) is 0.0493. The number of aliphatic hydroxyl groups is 2. The Labute approximate surface area is 206 Å². The molecule has 3 fully saturated rings. The predicted molar refractivity (Wildman–Crippen MR) is 133 cm³/mol. The van der Waals surface area contributed by atoms with E-state index in [-0.39, 0.29) is 6.42 Å². The first kappa shape index (κ1) is 22.6. The predicted octanol–water partition coefficient (Wildman–Crippen LogP) is 2.31. The molecule has 35 heavy (non-hydrogen) atoms. The summed E-state index contributed by atoms with van der Waals surface area (Å²) < 4.78 is 1.06. The van der Waals surface area contributed by atoms with E-state index in [9.17, 15) is 15.0 Å². The van der Waals surface area contributed by atoms with E-state index >= 15 is 0 Å². The molecule has 184 valence electrons. The van der Waals surface area contributed by atoms with Crippen LogP contribution in [0.2, 0.25) is 0 Å². The molecular formula is C24H29N7O3S. The maximum absolute atomic E-state index is 11.8. The number of amides is 1. The minimum Gasteiger partial charge on any atom is -0.390 e. The number of anilines is 2. The number of fused-ring (bicyclic) bond motifs is 1. The quantitative estimate of drug-likeness (QED) is 0.331. The number of aryl methyl sites for hydroxylation is 1. The highest BCUT2D eigenvalue weighted by Crippen LogP contribution is 2.44. The van der Waals surface area contributed by atoms with Gasteiger partial charge in [0.15, 0.2) is 0 Å². The van der Waals surface area contributed by atoms with Crippen LogP contribution in [0, 0.1) is 12.8 Å². The molecule has 0 spiro atoms. The van der Waals surface area contributed by atoms with Crippen molar-refractivity contribution >= 4 is 39.2 Å². The van der Waals surface area contributed by atoms with Crippen molar-refractivity contribution in [2.45, 2.75) is 75.7 Å². The highest BCUT2D eigenvalue weighted by atomic mass is 32.1. The minimum absolute atomic E-state index is 0.209. The molecule has 0 aromatic carbocycles. The Morgan fingerprint density at radius 3 is 2.57 bits per heavy atom. The van der Waals surface area contributed by atoms with Gasteiger partial charge in [-0.1, -0.05) is 0 Å². The Kier molecular flexibility index (Phi) is 5.58. The second-order valence-electron chi connectivity index (χ2n) is 9.94. The van der Waals surface area contributed by atoms with Crippen molar-refractivity contribution in [3.05, 3.63) is 23.7 Å². The molecule has 4 atom stereocenters. The lowest BCUT2D eigenvalue weighted by Crippen LogP contribution is -2.37. The van der Waals surface area contributed by atoms with Crippen LogP contribution >= 0.6 is 11.3 Å². The van der Waals surface area contributed by atoms with Crippen LogP contribution in [0.25, 0.3) is 20.8 Å². The zero-order valence-electron chi connectivity index (χ0n) is 19.4. The van der Waals surface area contributed by atoms with Crippen LogP contribution in [0.5, 0.6) is 0 Å². The van der Waals surface area contributed by atoms with Gasteiger partial charge in [0.1, 0.15) is 22.4 Å². The van der Waals surface area contributed by atoms with Crippen molar-refractivity contribution in [1.29, 1.82) is 0 Å². The maximum atomic E-state index is 11.8. The lowest BCUT2D eigenvalue weighted by atomic mass is 9.93. The Morgan fingerprint density at radius 1 is 1.11 bits per heavy atom. The molecule has 11 heteroatoms. The Balaban J connectivity index is 1.41. The molecule has 3 aromatic heterocycles. The van der Waals surface area contributed by atoms with Gasteiger partial charge in [-0.3, -0.25) is 9.78 Å². The summed E-state index contributed by atoms with van der Waals surface area (Å²) in [6.07, 6.45) is 5.29. The summed E-state index contributed by atoms with van der Waals surface area (Å²) in [5, 5.41) is 28.5. The summed E-state index contributed by atoms with van der Waals surface area (Å²) >= 11 is 1.56. The van der Waals surface area contributed by atoms with E-state index in [1.165, 1.54) is 6.42 Å². The first-order valence-electron chi connectivity index (χ1n) is 12.2. The molecule has 0 radical (unpaired) electrons. The molecule has 10 nitrogen and oxygen atoms in total. The molecule has 6 rings (SSSR count). The molecule has 1 amide bonds. The van der Waals surface area contributed by atoms with Gasteiger partial charge in [0.05, 0.1) is 39.7 Å². The molecule has 0 saturated heterocycles. The van der Waals surface area contributed by atoms with Gasteiger partial charge in [-0.25, -0.2) is 9.97 Å². The molecule has 3 aliphatic carbocycles. The van der Waals surface area contributed by atoms with Crippen molar-refractivity contribution in [2.24, 2.45) is 11.7 Å². The average molecular weight is 496 g/mol. The monoisotopic (exact) mass is 495 g/mol. The number of primary amides is 1. The maximum Gasteiger partial charge on any atom is 0.225 e. The number of aromatic nitrogens is 4. The second kappa shape index (κ2) is 8.65. The SMILES string of the molecule is Cc1nc(NC2CCC2)nc(N[C@@H]2C[C@H](C(N)=O)[C@@H](O)[C@H]2O)c1-c1nc2c(C3CC3)nccc2s1. The van der Waals surface area contributed by atoms with Crippen LogP contribution in [-0.4, -0.2) is 60.3 Å². The van der Waals surface area contributed by atoms with E-state index in [1.807, 2.05) is 19.2 Å². The lowest BCUT2D eigenvalue weighted by Gasteiger charge is -2.27. The molecule has 3 aromatic rings. The average Bonchev–Trinajstić information content (AvgIpc) is 3.49. The fraction of sp³-hybridized carbons (Fsp3) is 0.542. The van der Waals surface area contributed by atoms with Gasteiger partial charge >= 0.3 is 0 Å². The number of hydrogen-bond donors (Lipinski definition) is 5. The van der Waals surface area contributed by atoms with Gasteiger partial charge in [0.2, 0.25) is 11.9 Å². The van der Waals surface area contributed by atoms with E-state index in [0.717, 1.165) is 57.9 Å². The van der Waals surface area contributed by atoms with Crippen LogP contribution in [0.3, 0.4) is 0 Å². The normalized spacial score (nSPS) is 26.6. The fourth-order valence-corrected chi connectivity index (χ4v) is 6.07. The number of nitrogens with zero attached hydrogens (tertiary/aromatic N) is 4. The zero-order valence-corrected chi connectivity index (χ0v) is 20.3. The summed E-state index contributed by atoms with van der Waals surface area (Å²) in [7, 11) is 0. The molecule has 0 unspecified atom stereocenters. The number of carbonyl (C=O) groups is 1. The highest BCUT2D eigenvalue weighted by molar-refractivity contribution is 7.21. The van der Waals surface area contributed by atoms with Crippen LogP contribution in [0.1, 0.15) is 55.8 Å². The number of nitrogens with two attached hydrogens (primary N) is 1. The van der Waals surface area contributed by atoms with Crippen LogP contribution in [0.15, 0.2) is 12.3 Å². The zero-order chi connectivity index (χ0) is 24.3. The van der Waals surface area contributed by atoms with Crippen LogP contribution in [-0.2, 0) is 4.79 Å². The van der Waals surface area contributed by atoms with E-state index in [2.05, 4.69) is 15.6 Å². The molecule has 3 saturated carbocycles. The molecular weight excluding hydrogens is 466 g/mol. The Morgan fingerprint density at radius 2 is 1.91 bits per heavy atom. The number of pyridine rings is 1. The van der Waals surface area contributed by atoms with Gasteiger partial charge in [0, 0.05) is 18.2 Å². The van der Waals surface area contributed by atoms with Gasteiger partial charge in [0.25, 0.3) is 0 Å². The largest absolute Gasteiger partial charge is 0.390 e. The minimum atomic E-state index is -1.22. The molecule has 0 bridgehead atoms. The van der Waals surface area contributed by atoms with Crippen molar-refractivity contribution in [3.8, 4) is 10.6 Å². The van der Waals surface area contributed by atoms with E-state index in [1.54, 1.807) is 11.3 Å². The fourth-order valence-electron chi connectivity index (χ4n) is 5.00. The summed E-state index contributed by atoms with van der Waals surface area (Å²) in [6, 6.07) is 1.73. The van der Waals surface area contributed by atoms with Crippen LogP contribution < -0.4 is 16.4 Å². The third-order valence-electron chi connectivity index (χ3n) is 7.41. The van der Waals surface area contributed by atoms with E-state index in [4.69, 9.17) is 20.7 Å². The van der Waals surface area contributed by atoms with Crippen molar-refractivity contribution in [2.75, 3.05) is 10.6 Å². The summed E-state index contributed by atoms with van der Waals surface area (Å²) in [5.41, 5.74) is 8.91. The molecule has 0 aliphatic heterocycles.